The molecule has 1 aromatic rings. The summed E-state index contributed by atoms with van der Waals surface area (Å²) < 4.78 is 6.93. The number of rotatable bonds is 2. The summed E-state index contributed by atoms with van der Waals surface area (Å²) in [5, 5.41) is 1.88. The first-order valence-corrected chi connectivity index (χ1v) is 6.84. The number of hydrogen-bond acceptors (Lipinski definition) is 3. The minimum atomic E-state index is -0.105. The molecule has 0 atom stereocenters. The Morgan fingerprint density at radius 1 is 1.29 bits per heavy atom. The molecule has 0 saturated carbocycles. The summed E-state index contributed by atoms with van der Waals surface area (Å²) in [7, 11) is 0. The van der Waals surface area contributed by atoms with Crippen molar-refractivity contribution in [1.29, 1.82) is 0 Å². The third-order valence-corrected chi connectivity index (χ3v) is 3.60. The van der Waals surface area contributed by atoms with Crippen molar-refractivity contribution < 1.29 is 9.53 Å². The van der Waals surface area contributed by atoms with Crippen LogP contribution in [0.3, 0.4) is 0 Å². The molecule has 1 aromatic carbocycles. The van der Waals surface area contributed by atoms with Gasteiger partial charge in [0, 0.05) is 22.0 Å². The van der Waals surface area contributed by atoms with Gasteiger partial charge in [-0.15, -0.1) is 0 Å². The van der Waals surface area contributed by atoms with Crippen molar-refractivity contribution in [3.8, 4) is 0 Å². The van der Waals surface area contributed by atoms with Crippen LogP contribution in [0.25, 0.3) is 0 Å². The number of carbonyl (C=O) groups excluding carboxylic acids is 1. The number of nitrogens with zero attached hydrogens (tertiary/aromatic N) is 1. The van der Waals surface area contributed by atoms with Crippen LogP contribution in [0.15, 0.2) is 27.1 Å². The molecule has 1 aliphatic rings. The van der Waals surface area contributed by atoms with Crippen LogP contribution >= 0.6 is 31.9 Å². The molecule has 1 heterocycles. The topological polar surface area (TPSA) is 41.6 Å². The molecular weight excluding hydrogens is 352 g/mol. The van der Waals surface area contributed by atoms with Crippen molar-refractivity contribution in [2.45, 2.75) is 0 Å². The van der Waals surface area contributed by atoms with Crippen molar-refractivity contribution in [1.82, 2.24) is 10.4 Å². The van der Waals surface area contributed by atoms with Crippen molar-refractivity contribution in [3.63, 3.8) is 0 Å². The maximum atomic E-state index is 12.0. The molecule has 1 aliphatic heterocycles. The predicted octanol–water partition coefficient (Wildman–Crippen LogP) is 2.19. The molecule has 92 valence electrons. The predicted molar refractivity (Wildman–Crippen MR) is 71.7 cm³/mol. The molecule has 1 fully saturated rings. The molecule has 17 heavy (non-hydrogen) atoms. The lowest BCUT2D eigenvalue weighted by Crippen LogP contribution is -2.48. The largest absolute Gasteiger partial charge is 0.379 e. The van der Waals surface area contributed by atoms with Gasteiger partial charge in [0.1, 0.15) is 0 Å². The number of nitrogens with one attached hydrogen (secondary N) is 1. The van der Waals surface area contributed by atoms with Crippen LogP contribution in [0.4, 0.5) is 0 Å². The Morgan fingerprint density at radius 2 is 2.00 bits per heavy atom. The summed E-state index contributed by atoms with van der Waals surface area (Å²) in [4.78, 5) is 12.0. The van der Waals surface area contributed by atoms with E-state index in [1.807, 2.05) is 17.1 Å². The number of hydrazine groups is 1. The summed E-state index contributed by atoms with van der Waals surface area (Å²) in [6, 6.07) is 5.48. The van der Waals surface area contributed by atoms with Crippen LogP contribution in [0.2, 0.25) is 0 Å². The van der Waals surface area contributed by atoms with Crippen LogP contribution in [0.1, 0.15) is 10.4 Å². The third kappa shape index (κ3) is 3.51. The lowest BCUT2D eigenvalue weighted by Gasteiger charge is -2.27. The Labute approximate surface area is 117 Å². The molecular formula is C11H12Br2N2O2. The van der Waals surface area contributed by atoms with E-state index in [2.05, 4.69) is 37.3 Å². The monoisotopic (exact) mass is 362 g/mol. The summed E-state index contributed by atoms with van der Waals surface area (Å²) in [6.07, 6.45) is 0. The van der Waals surface area contributed by atoms with Crippen LogP contribution in [0, 0.1) is 0 Å². The maximum Gasteiger partial charge on any atom is 0.266 e. The van der Waals surface area contributed by atoms with Gasteiger partial charge in [0.15, 0.2) is 0 Å². The highest BCUT2D eigenvalue weighted by Gasteiger charge is 2.16. The van der Waals surface area contributed by atoms with Crippen molar-refractivity contribution >= 4 is 37.8 Å². The summed E-state index contributed by atoms with van der Waals surface area (Å²) in [6.45, 7) is 2.75. The van der Waals surface area contributed by atoms with E-state index in [-0.39, 0.29) is 5.91 Å². The van der Waals surface area contributed by atoms with Crippen LogP contribution in [0.5, 0.6) is 0 Å². The smallest absolute Gasteiger partial charge is 0.266 e. The van der Waals surface area contributed by atoms with Gasteiger partial charge in [-0.05, 0) is 34.1 Å². The Kier molecular flexibility index (Phi) is 4.55. The number of carbonyl (C=O) groups is 1. The van der Waals surface area contributed by atoms with Gasteiger partial charge in [-0.3, -0.25) is 10.2 Å². The fourth-order valence-electron chi connectivity index (χ4n) is 1.55. The van der Waals surface area contributed by atoms with Crippen LogP contribution in [-0.4, -0.2) is 37.2 Å². The first-order chi connectivity index (χ1) is 8.16. The second kappa shape index (κ2) is 5.95. The highest BCUT2D eigenvalue weighted by Crippen LogP contribution is 2.21. The van der Waals surface area contributed by atoms with E-state index in [1.165, 1.54) is 0 Å². The molecule has 0 aliphatic carbocycles. The van der Waals surface area contributed by atoms with Gasteiger partial charge in [0.25, 0.3) is 5.91 Å². The highest BCUT2D eigenvalue weighted by atomic mass is 79.9. The maximum absolute atomic E-state index is 12.0. The first-order valence-electron chi connectivity index (χ1n) is 5.25. The Hall–Kier alpha value is -0.430. The van der Waals surface area contributed by atoms with Crippen molar-refractivity contribution in [3.05, 3.63) is 32.7 Å². The molecule has 6 heteroatoms. The van der Waals surface area contributed by atoms with E-state index in [0.29, 0.717) is 18.8 Å². The summed E-state index contributed by atoms with van der Waals surface area (Å²) in [5.41, 5.74) is 3.49. The fourth-order valence-corrected chi connectivity index (χ4v) is 2.78. The van der Waals surface area contributed by atoms with E-state index in [0.717, 1.165) is 22.0 Å². The van der Waals surface area contributed by atoms with Crippen LogP contribution in [-0.2, 0) is 4.74 Å². The van der Waals surface area contributed by atoms with Crippen LogP contribution < -0.4 is 5.43 Å². The molecule has 0 aromatic heterocycles. The third-order valence-electron chi connectivity index (χ3n) is 2.45. The van der Waals surface area contributed by atoms with Crippen molar-refractivity contribution in [2.24, 2.45) is 0 Å². The molecule has 1 amide bonds. The summed E-state index contributed by atoms with van der Waals surface area (Å²) >= 11 is 6.73. The molecule has 0 radical (unpaired) electrons. The van der Waals surface area contributed by atoms with E-state index in [9.17, 15) is 4.79 Å². The van der Waals surface area contributed by atoms with Crippen molar-refractivity contribution in [2.75, 3.05) is 26.3 Å². The number of amides is 1. The molecule has 1 N–H and O–H groups in total. The van der Waals surface area contributed by atoms with Gasteiger partial charge >= 0.3 is 0 Å². The second-order valence-electron chi connectivity index (χ2n) is 3.66. The number of ether oxygens (including phenoxy) is 1. The molecule has 0 spiro atoms. The minimum absolute atomic E-state index is 0.105. The zero-order valence-electron chi connectivity index (χ0n) is 9.08. The van der Waals surface area contributed by atoms with Gasteiger partial charge in [0.05, 0.1) is 18.8 Å². The first kappa shape index (κ1) is 13.0. The number of morpholine rings is 1. The number of hydrogen-bond donors (Lipinski definition) is 1. The lowest BCUT2D eigenvalue weighted by atomic mass is 10.2. The Balaban J connectivity index is 2.03. The number of benzene rings is 1. The fraction of sp³-hybridized carbons (Fsp3) is 0.364. The van der Waals surface area contributed by atoms with Gasteiger partial charge in [-0.1, -0.05) is 15.9 Å². The Morgan fingerprint density at radius 3 is 2.65 bits per heavy atom. The average Bonchev–Trinajstić information content (AvgIpc) is 2.30. The lowest BCUT2D eigenvalue weighted by molar-refractivity contribution is 0.0126. The van der Waals surface area contributed by atoms with E-state index in [1.54, 1.807) is 6.07 Å². The van der Waals surface area contributed by atoms with E-state index in [4.69, 9.17) is 4.74 Å². The Bertz CT molecular complexity index is 420. The SMILES string of the molecule is O=C(NN1CCOCC1)c1ccc(Br)cc1Br. The van der Waals surface area contributed by atoms with Gasteiger partial charge < -0.3 is 4.74 Å². The zero-order chi connectivity index (χ0) is 12.3. The van der Waals surface area contributed by atoms with E-state index >= 15 is 0 Å². The van der Waals surface area contributed by atoms with Gasteiger partial charge in [0.2, 0.25) is 0 Å². The summed E-state index contributed by atoms with van der Waals surface area (Å²) in [5.74, 6) is -0.105. The second-order valence-corrected chi connectivity index (χ2v) is 5.43. The molecule has 1 saturated heterocycles. The van der Waals surface area contributed by atoms with Gasteiger partial charge in [-0.2, -0.15) is 0 Å². The highest BCUT2D eigenvalue weighted by molar-refractivity contribution is 9.11. The standard InChI is InChI=1S/C11H12Br2N2O2/c12-8-1-2-9(10(13)7-8)11(16)14-15-3-5-17-6-4-15/h1-2,7H,3-6H2,(H,14,16). The average molecular weight is 364 g/mol. The molecule has 0 unspecified atom stereocenters. The molecule has 0 bridgehead atoms. The quantitative estimate of drug-likeness (QED) is 0.875. The normalized spacial score (nSPS) is 16.8. The molecule has 4 nitrogen and oxygen atoms in total. The minimum Gasteiger partial charge on any atom is -0.379 e. The zero-order valence-corrected chi connectivity index (χ0v) is 12.3. The van der Waals surface area contributed by atoms with E-state index < -0.39 is 0 Å². The number of halogens is 2. The van der Waals surface area contributed by atoms with Gasteiger partial charge in [-0.25, -0.2) is 5.01 Å². The molecule has 2 rings (SSSR count).